The number of methoxy groups -OCH3 is 3. The quantitative estimate of drug-likeness (QED) is 0.599. The Kier molecular flexibility index (Phi) is 5.34. The molecule has 3 aromatic rings. The topological polar surface area (TPSA) is 83.5 Å². The van der Waals surface area contributed by atoms with E-state index in [0.717, 1.165) is 28.0 Å². The zero-order valence-electron chi connectivity index (χ0n) is 18.5. The molecule has 1 aliphatic carbocycles. The largest absolute Gasteiger partial charge is 0.497 e. The maximum atomic E-state index is 12.7. The van der Waals surface area contributed by atoms with Crippen molar-refractivity contribution in [1.82, 2.24) is 0 Å². The van der Waals surface area contributed by atoms with E-state index in [4.69, 9.17) is 23.7 Å². The summed E-state index contributed by atoms with van der Waals surface area (Å²) in [6, 6.07) is 18.9. The minimum absolute atomic E-state index is 0.361. The second kappa shape index (κ2) is 8.33. The lowest BCUT2D eigenvalue weighted by molar-refractivity contribution is -0.157. The summed E-state index contributed by atoms with van der Waals surface area (Å²) in [6.45, 7) is -0.808. The molecule has 33 heavy (non-hydrogen) atoms. The van der Waals surface area contributed by atoms with E-state index >= 15 is 0 Å². The second-order valence-corrected chi connectivity index (χ2v) is 8.05. The van der Waals surface area contributed by atoms with Crippen LogP contribution < -0.4 is 18.9 Å². The maximum absolute atomic E-state index is 12.7. The Hall–Kier alpha value is -3.71. The van der Waals surface area contributed by atoms with Crippen molar-refractivity contribution < 1.29 is 33.6 Å². The summed E-state index contributed by atoms with van der Waals surface area (Å²) in [5, 5.41) is 10.4. The predicted octanol–water partition coefficient (Wildman–Crippen LogP) is 4.38. The highest BCUT2D eigenvalue weighted by molar-refractivity contribution is 5.78. The lowest BCUT2D eigenvalue weighted by atomic mass is 9.79. The predicted molar refractivity (Wildman–Crippen MR) is 119 cm³/mol. The third kappa shape index (κ3) is 3.54. The summed E-state index contributed by atoms with van der Waals surface area (Å²) in [5.41, 5.74) is 3.62. The minimum Gasteiger partial charge on any atom is -0.497 e. The summed E-state index contributed by atoms with van der Waals surface area (Å²) in [5.74, 6) is 0.165. The molecule has 2 aliphatic rings. The van der Waals surface area contributed by atoms with Gasteiger partial charge in [-0.3, -0.25) is 4.79 Å². The van der Waals surface area contributed by atoms with Crippen molar-refractivity contribution in [3.05, 3.63) is 82.9 Å². The lowest BCUT2D eigenvalue weighted by Crippen LogP contribution is -2.24. The van der Waals surface area contributed by atoms with Gasteiger partial charge in [-0.25, -0.2) is 0 Å². The van der Waals surface area contributed by atoms with Crippen LogP contribution in [-0.4, -0.2) is 38.9 Å². The first kappa shape index (κ1) is 21.2. The molecule has 3 aromatic carbocycles. The number of carboxylic acids is 1. The molecule has 0 spiro atoms. The summed E-state index contributed by atoms with van der Waals surface area (Å²) in [6.07, 6.45) is 0. The Morgan fingerprint density at radius 3 is 2.06 bits per heavy atom. The molecule has 170 valence electrons. The summed E-state index contributed by atoms with van der Waals surface area (Å²) in [4.78, 5) is 12.7. The van der Waals surface area contributed by atoms with Gasteiger partial charge in [-0.15, -0.1) is 0 Å². The average Bonchev–Trinajstić information content (AvgIpc) is 3.41. The van der Waals surface area contributed by atoms with Gasteiger partial charge in [-0.05, 0) is 58.7 Å². The first-order valence-corrected chi connectivity index (χ1v) is 10.6. The minimum atomic E-state index is -0.872. The molecule has 0 fully saturated rings. The zero-order valence-corrected chi connectivity index (χ0v) is 18.5. The third-order valence-electron chi connectivity index (χ3n) is 6.41. The van der Waals surface area contributed by atoms with Gasteiger partial charge in [0.1, 0.15) is 11.5 Å². The van der Waals surface area contributed by atoms with E-state index < -0.39 is 18.4 Å². The van der Waals surface area contributed by atoms with Crippen molar-refractivity contribution in [3.8, 4) is 23.0 Å². The van der Waals surface area contributed by atoms with Crippen molar-refractivity contribution in [2.45, 2.75) is 18.3 Å². The van der Waals surface area contributed by atoms with Crippen molar-refractivity contribution in [2.75, 3.05) is 21.3 Å². The van der Waals surface area contributed by atoms with Crippen molar-refractivity contribution in [3.63, 3.8) is 0 Å². The highest BCUT2D eigenvalue weighted by Gasteiger charge is 2.47. The van der Waals surface area contributed by atoms with E-state index in [1.165, 1.54) is 7.11 Å². The zero-order chi connectivity index (χ0) is 23.1. The number of carbonyl (C=O) groups is 1. The van der Waals surface area contributed by atoms with Gasteiger partial charge in [0.15, 0.2) is 11.5 Å². The van der Waals surface area contributed by atoms with Crippen LogP contribution in [0.4, 0.5) is 0 Å². The Balaban J connectivity index is 1.65. The first-order chi connectivity index (χ1) is 16.0. The fourth-order valence-electron chi connectivity index (χ4n) is 4.92. The van der Waals surface area contributed by atoms with Gasteiger partial charge in [-0.2, -0.15) is 0 Å². The molecule has 7 heteroatoms. The van der Waals surface area contributed by atoms with Crippen LogP contribution in [-0.2, 0) is 9.53 Å². The summed E-state index contributed by atoms with van der Waals surface area (Å²) < 4.78 is 27.1. The molecule has 4 unspecified atom stereocenters. The highest BCUT2D eigenvalue weighted by atomic mass is 16.9. The van der Waals surface area contributed by atoms with Gasteiger partial charge >= 0.3 is 12.4 Å². The number of aliphatic carboxylic acids is 1. The number of carboxylic acid groups (broad SMARTS) is 1. The van der Waals surface area contributed by atoms with Crippen LogP contribution in [0.5, 0.6) is 23.0 Å². The Bertz CT molecular complexity index is 1190. The molecule has 0 aromatic heterocycles. The molecule has 5 rings (SSSR count). The van der Waals surface area contributed by atoms with Crippen molar-refractivity contribution in [2.24, 2.45) is 5.92 Å². The molecule has 4 atom stereocenters. The summed E-state index contributed by atoms with van der Waals surface area (Å²) >= 11 is 0. The van der Waals surface area contributed by atoms with E-state index in [1.807, 2.05) is 54.6 Å². The van der Waals surface area contributed by atoms with Crippen molar-refractivity contribution >= 4 is 5.97 Å². The number of ether oxygens (including phenoxy) is 5. The molecule has 1 aliphatic heterocycles. The van der Waals surface area contributed by atoms with Crippen LogP contribution in [0, 0.1) is 5.92 Å². The molecular formula is C26H24O7. The van der Waals surface area contributed by atoms with Crippen LogP contribution in [0.1, 0.15) is 34.1 Å². The standard InChI is InChI=1S/C26H24O7/c1-29-16-7-4-14(5-8-16)22-19-13-17(30-2)9-10-18(19)23(24(22)25(27)28)15-6-11-20-21(12-15)33-26(31-3)32-20/h4-13,22-24,26H,1-3H3,(H,27,28). The van der Waals surface area contributed by atoms with E-state index in [2.05, 4.69) is 0 Å². The van der Waals surface area contributed by atoms with Gasteiger partial charge in [0.25, 0.3) is 0 Å². The van der Waals surface area contributed by atoms with Crippen molar-refractivity contribution in [1.29, 1.82) is 0 Å². The second-order valence-electron chi connectivity index (χ2n) is 8.05. The number of rotatable bonds is 6. The maximum Gasteiger partial charge on any atom is 0.360 e. The van der Waals surface area contributed by atoms with Crippen LogP contribution in [0.15, 0.2) is 60.7 Å². The Morgan fingerprint density at radius 2 is 1.39 bits per heavy atom. The van der Waals surface area contributed by atoms with Gasteiger partial charge in [0.2, 0.25) is 0 Å². The number of fused-ring (bicyclic) bond motifs is 2. The first-order valence-electron chi connectivity index (χ1n) is 10.6. The molecule has 0 bridgehead atoms. The molecule has 1 heterocycles. The lowest BCUT2D eigenvalue weighted by Gasteiger charge is -2.23. The third-order valence-corrected chi connectivity index (χ3v) is 6.41. The molecule has 7 nitrogen and oxygen atoms in total. The molecule has 1 N–H and O–H groups in total. The number of hydrogen-bond donors (Lipinski definition) is 1. The van der Waals surface area contributed by atoms with Crippen LogP contribution in [0.2, 0.25) is 0 Å². The van der Waals surface area contributed by atoms with Crippen LogP contribution >= 0.6 is 0 Å². The fraction of sp³-hybridized carbons (Fsp3) is 0.269. The normalized spacial score (nSPS) is 22.6. The molecule has 0 radical (unpaired) electrons. The fourth-order valence-corrected chi connectivity index (χ4v) is 4.92. The van der Waals surface area contributed by atoms with E-state index in [0.29, 0.717) is 17.2 Å². The smallest absolute Gasteiger partial charge is 0.360 e. The summed E-state index contributed by atoms with van der Waals surface area (Å²) in [7, 11) is 4.71. The van der Waals surface area contributed by atoms with Gasteiger partial charge in [-0.1, -0.05) is 24.3 Å². The molecule has 0 saturated carbocycles. The van der Waals surface area contributed by atoms with Gasteiger partial charge in [0, 0.05) is 18.9 Å². The SMILES string of the molecule is COc1ccc(C2c3cc(OC)ccc3C(c3ccc4c(c3)OC(OC)O4)C2C(=O)O)cc1. The average molecular weight is 448 g/mol. The van der Waals surface area contributed by atoms with Gasteiger partial charge in [0.05, 0.1) is 20.1 Å². The highest BCUT2D eigenvalue weighted by Crippen LogP contribution is 2.54. The Labute approximate surface area is 191 Å². The van der Waals surface area contributed by atoms with E-state index in [-0.39, 0.29) is 11.8 Å². The molecular weight excluding hydrogens is 424 g/mol. The van der Waals surface area contributed by atoms with Gasteiger partial charge < -0.3 is 28.8 Å². The van der Waals surface area contributed by atoms with E-state index in [9.17, 15) is 9.90 Å². The number of benzene rings is 3. The Morgan fingerprint density at radius 1 is 0.758 bits per heavy atom. The van der Waals surface area contributed by atoms with E-state index in [1.54, 1.807) is 20.3 Å². The monoisotopic (exact) mass is 448 g/mol. The molecule has 0 amide bonds. The van der Waals surface area contributed by atoms with Crippen LogP contribution in [0.25, 0.3) is 0 Å². The number of hydrogen-bond acceptors (Lipinski definition) is 6. The van der Waals surface area contributed by atoms with Crippen LogP contribution in [0.3, 0.4) is 0 Å². The molecule has 0 saturated heterocycles.